The second-order valence-corrected chi connectivity index (χ2v) is 7.17. The molecule has 0 bridgehead atoms. The first-order chi connectivity index (χ1) is 11.6. The van der Waals surface area contributed by atoms with Crippen LogP contribution in [-0.2, 0) is 14.3 Å². The molecule has 1 aromatic carbocycles. The van der Waals surface area contributed by atoms with Crippen molar-refractivity contribution in [1.29, 1.82) is 0 Å². The quantitative estimate of drug-likeness (QED) is 0.763. The molecule has 2 aliphatic heterocycles. The molecule has 0 spiro atoms. The second kappa shape index (κ2) is 7.53. The minimum Gasteiger partial charge on any atom is -0.467 e. The van der Waals surface area contributed by atoms with Crippen molar-refractivity contribution >= 4 is 33.5 Å². The van der Waals surface area contributed by atoms with E-state index in [1.54, 1.807) is 0 Å². The number of amides is 1. The average molecular weight is 396 g/mol. The van der Waals surface area contributed by atoms with Crippen LogP contribution >= 0.6 is 15.9 Å². The van der Waals surface area contributed by atoms with Crippen LogP contribution in [0.4, 0.5) is 5.69 Å². The number of hydrogen-bond donors (Lipinski definition) is 2. The maximum atomic E-state index is 12.5. The summed E-state index contributed by atoms with van der Waals surface area (Å²) in [5.41, 5.74) is 1.74. The highest BCUT2D eigenvalue weighted by atomic mass is 79.9. The number of anilines is 1. The molecular formula is C17H22BrN3O3. The molecular weight excluding hydrogens is 374 g/mol. The summed E-state index contributed by atoms with van der Waals surface area (Å²) in [5.74, 6) is -0.448. The molecule has 2 atom stereocenters. The van der Waals surface area contributed by atoms with Crippen molar-refractivity contribution in [3.05, 3.63) is 28.2 Å². The van der Waals surface area contributed by atoms with Crippen LogP contribution in [0.3, 0.4) is 0 Å². The molecule has 2 aliphatic rings. The van der Waals surface area contributed by atoms with E-state index in [9.17, 15) is 9.59 Å². The fourth-order valence-electron chi connectivity index (χ4n) is 3.38. The lowest BCUT2D eigenvalue weighted by Gasteiger charge is -2.27. The first-order valence-corrected chi connectivity index (χ1v) is 9.03. The van der Waals surface area contributed by atoms with E-state index in [0.29, 0.717) is 6.54 Å². The summed E-state index contributed by atoms with van der Waals surface area (Å²) in [6.07, 6.45) is 3.51. The molecule has 0 aromatic heterocycles. The van der Waals surface area contributed by atoms with Gasteiger partial charge in [0.15, 0.2) is 0 Å². The minimum absolute atomic E-state index is 0.0644. The van der Waals surface area contributed by atoms with Crippen LogP contribution < -0.4 is 10.6 Å². The second-order valence-electron chi connectivity index (χ2n) is 6.26. The highest BCUT2D eigenvalue weighted by Gasteiger charge is 2.39. The molecule has 0 radical (unpaired) electrons. The monoisotopic (exact) mass is 395 g/mol. The zero-order chi connectivity index (χ0) is 17.1. The van der Waals surface area contributed by atoms with E-state index in [2.05, 4.69) is 31.5 Å². The third kappa shape index (κ3) is 3.72. The average Bonchev–Trinajstić information content (AvgIpc) is 2.93. The molecule has 2 unspecified atom stereocenters. The largest absolute Gasteiger partial charge is 0.467 e. The van der Waals surface area contributed by atoms with E-state index < -0.39 is 12.1 Å². The molecule has 1 aromatic rings. The first-order valence-electron chi connectivity index (χ1n) is 8.24. The normalized spacial score (nSPS) is 23.2. The van der Waals surface area contributed by atoms with Gasteiger partial charge in [-0.05, 0) is 44.1 Å². The third-order valence-electron chi connectivity index (χ3n) is 4.58. The predicted molar refractivity (Wildman–Crippen MR) is 94.7 cm³/mol. The molecule has 24 heavy (non-hydrogen) atoms. The summed E-state index contributed by atoms with van der Waals surface area (Å²) < 4.78 is 5.79. The zero-order valence-corrected chi connectivity index (χ0v) is 15.3. The molecule has 2 N–H and O–H groups in total. The Morgan fingerprint density at radius 1 is 1.33 bits per heavy atom. The number of nitrogens with one attached hydrogen (secondary N) is 2. The van der Waals surface area contributed by atoms with Gasteiger partial charge in [-0.3, -0.25) is 9.69 Å². The SMILES string of the molecule is COC(=O)C1Nc2ccc(Br)cc2C1NC(=O)CN1CCCCC1. The van der Waals surface area contributed by atoms with Crippen molar-refractivity contribution in [2.24, 2.45) is 0 Å². The van der Waals surface area contributed by atoms with Gasteiger partial charge in [0.05, 0.1) is 19.7 Å². The number of methoxy groups -OCH3 is 1. The van der Waals surface area contributed by atoms with E-state index in [1.807, 2.05) is 18.2 Å². The number of nitrogens with zero attached hydrogens (tertiary/aromatic N) is 1. The topological polar surface area (TPSA) is 70.7 Å². The number of likely N-dealkylation sites (tertiary alicyclic amines) is 1. The Morgan fingerprint density at radius 2 is 2.08 bits per heavy atom. The fourth-order valence-corrected chi connectivity index (χ4v) is 3.75. The van der Waals surface area contributed by atoms with Gasteiger partial charge in [0, 0.05) is 15.7 Å². The van der Waals surface area contributed by atoms with Crippen molar-refractivity contribution in [2.45, 2.75) is 31.3 Å². The maximum Gasteiger partial charge on any atom is 0.330 e. The van der Waals surface area contributed by atoms with Gasteiger partial charge in [-0.2, -0.15) is 0 Å². The summed E-state index contributed by atoms with van der Waals surface area (Å²) >= 11 is 3.45. The number of rotatable bonds is 4. The number of carbonyl (C=O) groups is 2. The number of halogens is 1. The Labute approximate surface area is 150 Å². The molecule has 7 heteroatoms. The number of esters is 1. The Kier molecular flexibility index (Phi) is 5.40. The summed E-state index contributed by atoms with van der Waals surface area (Å²) in [5, 5.41) is 6.16. The van der Waals surface area contributed by atoms with Gasteiger partial charge in [0.25, 0.3) is 0 Å². The van der Waals surface area contributed by atoms with E-state index in [4.69, 9.17) is 4.74 Å². The van der Waals surface area contributed by atoms with Crippen LogP contribution in [0.15, 0.2) is 22.7 Å². The third-order valence-corrected chi connectivity index (χ3v) is 5.07. The maximum absolute atomic E-state index is 12.5. The number of piperidine rings is 1. The minimum atomic E-state index is -0.607. The number of hydrogen-bond acceptors (Lipinski definition) is 5. The Morgan fingerprint density at radius 3 is 2.79 bits per heavy atom. The van der Waals surface area contributed by atoms with Crippen LogP contribution in [0.1, 0.15) is 30.9 Å². The van der Waals surface area contributed by atoms with Crippen LogP contribution in [0.2, 0.25) is 0 Å². The fraction of sp³-hybridized carbons (Fsp3) is 0.529. The van der Waals surface area contributed by atoms with Crippen molar-refractivity contribution in [2.75, 3.05) is 32.1 Å². The lowest BCUT2D eigenvalue weighted by molar-refractivity contribution is -0.142. The van der Waals surface area contributed by atoms with Crippen LogP contribution in [0, 0.1) is 0 Å². The Hall–Kier alpha value is -1.60. The highest BCUT2D eigenvalue weighted by Crippen LogP contribution is 2.36. The molecule has 1 amide bonds. The predicted octanol–water partition coefficient (Wildman–Crippen LogP) is 2.06. The summed E-state index contributed by atoms with van der Waals surface area (Å²) in [7, 11) is 1.36. The summed E-state index contributed by atoms with van der Waals surface area (Å²) in [6.45, 7) is 2.28. The van der Waals surface area contributed by atoms with E-state index in [0.717, 1.165) is 41.7 Å². The van der Waals surface area contributed by atoms with Crippen LogP contribution in [0.5, 0.6) is 0 Å². The highest BCUT2D eigenvalue weighted by molar-refractivity contribution is 9.10. The van der Waals surface area contributed by atoms with Crippen molar-refractivity contribution in [3.8, 4) is 0 Å². The van der Waals surface area contributed by atoms with Gasteiger partial charge in [-0.25, -0.2) is 4.79 Å². The molecule has 0 saturated carbocycles. The smallest absolute Gasteiger partial charge is 0.330 e. The molecule has 6 nitrogen and oxygen atoms in total. The van der Waals surface area contributed by atoms with E-state index in [1.165, 1.54) is 13.5 Å². The Bertz CT molecular complexity index is 632. The molecule has 0 aliphatic carbocycles. The van der Waals surface area contributed by atoms with Crippen molar-refractivity contribution in [1.82, 2.24) is 10.2 Å². The lowest BCUT2D eigenvalue weighted by atomic mass is 10.0. The lowest BCUT2D eigenvalue weighted by Crippen LogP contribution is -2.45. The van der Waals surface area contributed by atoms with Crippen LogP contribution in [-0.4, -0.2) is 49.6 Å². The molecule has 1 saturated heterocycles. The van der Waals surface area contributed by atoms with E-state index in [-0.39, 0.29) is 11.9 Å². The van der Waals surface area contributed by atoms with Gasteiger partial charge in [0.1, 0.15) is 6.04 Å². The molecule has 3 rings (SSSR count). The van der Waals surface area contributed by atoms with Crippen LogP contribution in [0.25, 0.3) is 0 Å². The number of ether oxygens (including phenoxy) is 1. The standard InChI is InChI=1S/C17H22BrN3O3/c1-24-17(23)16-15(12-9-11(18)5-6-13(12)19-16)20-14(22)10-21-7-3-2-4-8-21/h5-6,9,15-16,19H,2-4,7-8,10H2,1H3,(H,20,22). The van der Waals surface area contributed by atoms with Gasteiger partial charge in [-0.15, -0.1) is 0 Å². The number of fused-ring (bicyclic) bond motifs is 1. The molecule has 1 fully saturated rings. The summed E-state index contributed by atoms with van der Waals surface area (Å²) in [4.78, 5) is 26.7. The summed E-state index contributed by atoms with van der Waals surface area (Å²) in [6, 6.07) is 4.69. The molecule has 2 heterocycles. The number of carbonyl (C=O) groups excluding carboxylic acids is 2. The van der Waals surface area contributed by atoms with Crippen molar-refractivity contribution in [3.63, 3.8) is 0 Å². The number of benzene rings is 1. The van der Waals surface area contributed by atoms with Gasteiger partial charge in [0.2, 0.25) is 5.91 Å². The molecule has 130 valence electrons. The van der Waals surface area contributed by atoms with Gasteiger partial charge >= 0.3 is 5.97 Å². The van der Waals surface area contributed by atoms with E-state index >= 15 is 0 Å². The van der Waals surface area contributed by atoms with Gasteiger partial charge < -0.3 is 15.4 Å². The first kappa shape index (κ1) is 17.2. The zero-order valence-electron chi connectivity index (χ0n) is 13.7. The van der Waals surface area contributed by atoms with Gasteiger partial charge in [-0.1, -0.05) is 22.4 Å². The van der Waals surface area contributed by atoms with Crippen molar-refractivity contribution < 1.29 is 14.3 Å². The Balaban J connectivity index is 1.74.